The monoisotopic (exact) mass is 149 g/mol. The summed E-state index contributed by atoms with van der Waals surface area (Å²) in [5.41, 5.74) is 1.34. The molecule has 0 atom stereocenters. The number of carboxylic acids is 1. The van der Waals surface area contributed by atoms with Gasteiger partial charge in [-0.25, -0.2) is 4.79 Å². The predicted octanol–water partition coefficient (Wildman–Crippen LogP) is 1.21. The average molecular weight is 149 g/mol. The van der Waals surface area contributed by atoms with Crippen molar-refractivity contribution in [2.45, 2.75) is 6.54 Å². The largest absolute Gasteiger partial charge is 0.477 e. The summed E-state index contributed by atoms with van der Waals surface area (Å²) in [6.07, 6.45) is 3.87. The minimum atomic E-state index is -0.861. The van der Waals surface area contributed by atoms with Crippen molar-refractivity contribution in [2.75, 3.05) is 0 Å². The molecular weight excluding hydrogens is 142 g/mol. The number of carboxylic acid groups (broad SMARTS) is 1. The summed E-state index contributed by atoms with van der Waals surface area (Å²) in [7, 11) is 0. The third-order valence-corrected chi connectivity index (χ3v) is 1.81. The number of fused-ring (bicyclic) bond motifs is 1. The molecule has 1 aromatic heterocycles. The normalized spacial score (nSPS) is 13.5. The zero-order valence-electron chi connectivity index (χ0n) is 5.82. The Morgan fingerprint density at radius 2 is 2.36 bits per heavy atom. The molecule has 2 rings (SSSR count). The minimum Gasteiger partial charge on any atom is -0.477 e. The number of aromatic nitrogens is 1. The van der Waals surface area contributed by atoms with Gasteiger partial charge in [0, 0.05) is 12.2 Å². The van der Waals surface area contributed by atoms with E-state index in [-0.39, 0.29) is 0 Å². The highest BCUT2D eigenvalue weighted by Gasteiger charge is 2.13. The standard InChI is InChI=1S/C8H7NO2/c10-8(11)7-4-3-6-2-1-5-9(6)7/h1-4H,5H2,(H,10,11). The molecule has 0 amide bonds. The van der Waals surface area contributed by atoms with Crippen LogP contribution in [0.4, 0.5) is 0 Å². The van der Waals surface area contributed by atoms with Gasteiger partial charge in [-0.05, 0) is 18.2 Å². The molecule has 3 nitrogen and oxygen atoms in total. The van der Waals surface area contributed by atoms with Crippen LogP contribution in [0.3, 0.4) is 0 Å². The summed E-state index contributed by atoms with van der Waals surface area (Å²) < 4.78 is 1.77. The lowest BCUT2D eigenvalue weighted by Crippen LogP contribution is -2.06. The number of aromatic carboxylic acids is 1. The lowest BCUT2D eigenvalue weighted by atomic mass is 10.4. The van der Waals surface area contributed by atoms with Crippen LogP contribution in [0, 0.1) is 0 Å². The van der Waals surface area contributed by atoms with Gasteiger partial charge in [0.1, 0.15) is 5.69 Å². The number of hydrogen-bond acceptors (Lipinski definition) is 1. The van der Waals surface area contributed by atoms with Gasteiger partial charge in [0.25, 0.3) is 0 Å². The van der Waals surface area contributed by atoms with Gasteiger partial charge in [-0.1, -0.05) is 6.08 Å². The van der Waals surface area contributed by atoms with E-state index in [1.807, 2.05) is 18.2 Å². The van der Waals surface area contributed by atoms with Crippen LogP contribution < -0.4 is 0 Å². The van der Waals surface area contributed by atoms with Gasteiger partial charge in [-0.3, -0.25) is 0 Å². The average Bonchev–Trinajstić information content (AvgIpc) is 2.41. The van der Waals surface area contributed by atoms with Crippen LogP contribution in [-0.2, 0) is 6.54 Å². The first kappa shape index (κ1) is 6.22. The van der Waals surface area contributed by atoms with E-state index in [4.69, 9.17) is 5.11 Å². The van der Waals surface area contributed by atoms with Crippen molar-refractivity contribution in [3.8, 4) is 0 Å². The van der Waals surface area contributed by atoms with Gasteiger partial charge >= 0.3 is 5.97 Å². The molecule has 0 aromatic carbocycles. The molecule has 1 aliphatic rings. The maximum Gasteiger partial charge on any atom is 0.352 e. The van der Waals surface area contributed by atoms with Gasteiger partial charge in [-0.2, -0.15) is 0 Å². The molecule has 0 unspecified atom stereocenters. The Labute approximate surface area is 63.6 Å². The maximum absolute atomic E-state index is 10.6. The summed E-state index contributed by atoms with van der Waals surface area (Å²) in [5.74, 6) is -0.861. The van der Waals surface area contributed by atoms with Crippen LogP contribution in [0.2, 0.25) is 0 Å². The van der Waals surface area contributed by atoms with Gasteiger partial charge in [-0.15, -0.1) is 0 Å². The smallest absolute Gasteiger partial charge is 0.352 e. The van der Waals surface area contributed by atoms with E-state index in [1.165, 1.54) is 0 Å². The van der Waals surface area contributed by atoms with Crippen molar-refractivity contribution in [3.63, 3.8) is 0 Å². The summed E-state index contributed by atoms with van der Waals surface area (Å²) in [5, 5.41) is 8.69. The van der Waals surface area contributed by atoms with E-state index in [0.29, 0.717) is 12.2 Å². The van der Waals surface area contributed by atoms with E-state index in [0.717, 1.165) is 5.69 Å². The molecule has 0 saturated heterocycles. The van der Waals surface area contributed by atoms with Crippen molar-refractivity contribution >= 4 is 12.0 Å². The highest BCUT2D eigenvalue weighted by atomic mass is 16.4. The highest BCUT2D eigenvalue weighted by molar-refractivity contribution is 5.87. The van der Waals surface area contributed by atoms with Gasteiger partial charge in [0.15, 0.2) is 0 Å². The van der Waals surface area contributed by atoms with E-state index in [9.17, 15) is 4.79 Å². The lowest BCUT2D eigenvalue weighted by Gasteiger charge is -1.99. The van der Waals surface area contributed by atoms with E-state index in [1.54, 1.807) is 10.6 Å². The quantitative estimate of drug-likeness (QED) is 0.652. The summed E-state index contributed by atoms with van der Waals surface area (Å²) in [6.45, 7) is 0.684. The van der Waals surface area contributed by atoms with Crippen LogP contribution in [0.1, 0.15) is 16.2 Å². The van der Waals surface area contributed by atoms with E-state index < -0.39 is 5.97 Å². The molecule has 1 N–H and O–H groups in total. The third-order valence-electron chi connectivity index (χ3n) is 1.81. The molecule has 0 fully saturated rings. The Bertz CT molecular complexity index is 336. The first-order valence-electron chi connectivity index (χ1n) is 3.38. The van der Waals surface area contributed by atoms with Crippen LogP contribution in [0.5, 0.6) is 0 Å². The second-order valence-corrected chi connectivity index (χ2v) is 2.46. The van der Waals surface area contributed by atoms with Gasteiger partial charge in [0.05, 0.1) is 0 Å². The van der Waals surface area contributed by atoms with Crippen molar-refractivity contribution < 1.29 is 9.90 Å². The molecule has 11 heavy (non-hydrogen) atoms. The number of hydrogen-bond donors (Lipinski definition) is 1. The number of allylic oxidation sites excluding steroid dienone is 1. The second-order valence-electron chi connectivity index (χ2n) is 2.46. The zero-order valence-corrected chi connectivity index (χ0v) is 5.82. The molecule has 56 valence electrons. The summed E-state index contributed by atoms with van der Waals surface area (Å²) >= 11 is 0. The first-order chi connectivity index (χ1) is 5.29. The fourth-order valence-corrected chi connectivity index (χ4v) is 1.30. The van der Waals surface area contributed by atoms with E-state index in [2.05, 4.69) is 0 Å². The molecule has 0 bridgehead atoms. The fraction of sp³-hybridized carbons (Fsp3) is 0.125. The highest BCUT2D eigenvalue weighted by Crippen LogP contribution is 2.16. The number of carbonyl (C=O) groups is 1. The summed E-state index contributed by atoms with van der Waals surface area (Å²) in [6, 6.07) is 3.44. The fourth-order valence-electron chi connectivity index (χ4n) is 1.30. The van der Waals surface area contributed by atoms with Crippen LogP contribution >= 0.6 is 0 Å². The molecule has 0 aliphatic carbocycles. The Morgan fingerprint density at radius 3 is 3.09 bits per heavy atom. The minimum absolute atomic E-state index is 0.366. The van der Waals surface area contributed by atoms with Gasteiger partial charge in [0.2, 0.25) is 0 Å². The Morgan fingerprint density at radius 1 is 1.55 bits per heavy atom. The lowest BCUT2D eigenvalue weighted by molar-refractivity contribution is 0.0686. The maximum atomic E-state index is 10.6. The van der Waals surface area contributed by atoms with Crippen LogP contribution in [0.25, 0.3) is 6.08 Å². The van der Waals surface area contributed by atoms with Crippen molar-refractivity contribution in [3.05, 3.63) is 29.6 Å². The topological polar surface area (TPSA) is 42.2 Å². The SMILES string of the molecule is O=C(O)c1ccc2n1CC=C2. The number of rotatable bonds is 1. The Balaban J connectivity index is 2.55. The zero-order chi connectivity index (χ0) is 7.84. The molecular formula is C8H7NO2. The van der Waals surface area contributed by atoms with Crippen LogP contribution in [-0.4, -0.2) is 15.6 Å². The van der Waals surface area contributed by atoms with Crippen molar-refractivity contribution in [2.24, 2.45) is 0 Å². The molecule has 1 aromatic rings. The van der Waals surface area contributed by atoms with Crippen molar-refractivity contribution in [1.82, 2.24) is 4.57 Å². The van der Waals surface area contributed by atoms with E-state index >= 15 is 0 Å². The number of nitrogens with zero attached hydrogens (tertiary/aromatic N) is 1. The third kappa shape index (κ3) is 0.774. The Kier molecular flexibility index (Phi) is 1.12. The van der Waals surface area contributed by atoms with Gasteiger partial charge < -0.3 is 9.67 Å². The molecule has 0 spiro atoms. The molecule has 2 heterocycles. The molecule has 0 saturated carbocycles. The van der Waals surface area contributed by atoms with Crippen LogP contribution in [0.15, 0.2) is 18.2 Å². The Hall–Kier alpha value is -1.51. The molecule has 3 heteroatoms. The second kappa shape index (κ2) is 1.99. The predicted molar refractivity (Wildman–Crippen MR) is 40.4 cm³/mol. The molecule has 1 aliphatic heterocycles. The first-order valence-corrected chi connectivity index (χ1v) is 3.38. The van der Waals surface area contributed by atoms with Crippen molar-refractivity contribution in [1.29, 1.82) is 0 Å². The molecule has 0 radical (unpaired) electrons. The summed E-state index contributed by atoms with van der Waals surface area (Å²) in [4.78, 5) is 10.6.